The van der Waals surface area contributed by atoms with Gasteiger partial charge in [0.2, 0.25) is 17.8 Å². The Morgan fingerprint density at radius 1 is 1.04 bits per heavy atom. The molecular weight excluding hydrogens is 659 g/mol. The molecule has 3 heterocycles. The molecule has 0 bridgehead atoms. The van der Waals surface area contributed by atoms with Gasteiger partial charge in [0.25, 0.3) is 5.56 Å². The van der Waals surface area contributed by atoms with E-state index >= 15 is 0 Å². The van der Waals surface area contributed by atoms with Crippen molar-refractivity contribution in [3.05, 3.63) is 93.9 Å². The third-order valence-corrected chi connectivity index (χ3v) is 8.64. The van der Waals surface area contributed by atoms with Crippen LogP contribution in [-0.2, 0) is 27.3 Å². The molecule has 0 aliphatic carbocycles. The van der Waals surface area contributed by atoms with Crippen molar-refractivity contribution >= 4 is 57.7 Å². The molecule has 1 saturated heterocycles. The zero-order chi connectivity index (χ0) is 34.4. The van der Waals surface area contributed by atoms with Crippen LogP contribution in [0.4, 0.5) is 11.6 Å². The molecule has 0 unspecified atom stereocenters. The number of aromatic nitrogens is 3. The predicted molar refractivity (Wildman–Crippen MR) is 186 cm³/mol. The monoisotopic (exact) mass is 692 g/mol. The maximum atomic E-state index is 14.4. The van der Waals surface area contributed by atoms with Crippen molar-refractivity contribution < 1.29 is 23.8 Å². The lowest BCUT2D eigenvalue weighted by molar-refractivity contribution is -0.118. The summed E-state index contributed by atoms with van der Waals surface area (Å²) in [5, 5.41) is 9.74. The van der Waals surface area contributed by atoms with Crippen LogP contribution in [0, 0.1) is 0 Å². The third-order valence-electron chi connectivity index (χ3n) is 7.88. The Morgan fingerprint density at radius 2 is 1.73 bits per heavy atom. The molecule has 12 nitrogen and oxygen atoms in total. The van der Waals surface area contributed by atoms with E-state index in [4.69, 9.17) is 42.4 Å². The van der Waals surface area contributed by atoms with Crippen LogP contribution in [0.25, 0.3) is 22.2 Å². The van der Waals surface area contributed by atoms with Gasteiger partial charge in [0.1, 0.15) is 17.1 Å². The van der Waals surface area contributed by atoms with Gasteiger partial charge in [-0.3, -0.25) is 19.0 Å². The number of fused-ring (bicyclic) bond motifs is 1. The van der Waals surface area contributed by atoms with Crippen LogP contribution in [0.2, 0.25) is 10.0 Å². The first-order valence-corrected chi connectivity index (χ1v) is 15.7. The number of methoxy groups -OCH3 is 2. The maximum absolute atomic E-state index is 14.4. The van der Waals surface area contributed by atoms with Crippen molar-refractivity contribution in [1.82, 2.24) is 19.9 Å². The van der Waals surface area contributed by atoms with Crippen LogP contribution in [0.1, 0.15) is 12.0 Å². The quantitative estimate of drug-likeness (QED) is 0.174. The van der Waals surface area contributed by atoms with Crippen LogP contribution in [0.3, 0.4) is 0 Å². The molecule has 1 aliphatic heterocycles. The number of pyridine rings is 1. The summed E-state index contributed by atoms with van der Waals surface area (Å²) in [7, 11) is 2.91. The van der Waals surface area contributed by atoms with Crippen LogP contribution >= 0.6 is 23.2 Å². The SMILES string of the molecule is C=CC(=O)Nc1ccc(CCn2c(=O)c(-c3c(Cl)c(OC)cc(OC)c3Cl)cc3cnc(N[C@@H]4COCC[C@@H]4NC(=O)C=C)nc32)cc1. The van der Waals surface area contributed by atoms with Gasteiger partial charge < -0.3 is 30.2 Å². The summed E-state index contributed by atoms with van der Waals surface area (Å²) in [6.45, 7) is 8.03. The first-order valence-electron chi connectivity index (χ1n) is 15.0. The highest BCUT2D eigenvalue weighted by Crippen LogP contribution is 2.45. The van der Waals surface area contributed by atoms with Crippen LogP contribution < -0.4 is 31.0 Å². The lowest BCUT2D eigenvalue weighted by atomic mass is 10.0. The highest BCUT2D eigenvalue weighted by Gasteiger charge is 2.28. The van der Waals surface area contributed by atoms with E-state index in [9.17, 15) is 14.4 Å². The van der Waals surface area contributed by atoms with Gasteiger partial charge in [-0.1, -0.05) is 48.5 Å². The van der Waals surface area contributed by atoms with Crippen molar-refractivity contribution in [2.24, 2.45) is 0 Å². The Labute approximate surface area is 286 Å². The third kappa shape index (κ3) is 7.46. The van der Waals surface area contributed by atoms with E-state index in [1.165, 1.54) is 30.9 Å². The first kappa shape index (κ1) is 34.4. The van der Waals surface area contributed by atoms with Crippen LogP contribution in [0.5, 0.6) is 11.5 Å². The number of hydrogen-bond acceptors (Lipinski definition) is 9. The molecule has 2 atom stereocenters. The van der Waals surface area contributed by atoms with Gasteiger partial charge in [-0.2, -0.15) is 4.98 Å². The van der Waals surface area contributed by atoms with E-state index in [2.05, 4.69) is 34.1 Å². The molecule has 1 aliphatic rings. The fourth-order valence-electron chi connectivity index (χ4n) is 5.39. The van der Waals surface area contributed by atoms with Gasteiger partial charge in [-0.25, -0.2) is 4.98 Å². The Kier molecular flexibility index (Phi) is 11.0. The number of hydrogen-bond donors (Lipinski definition) is 3. The largest absolute Gasteiger partial charge is 0.495 e. The van der Waals surface area contributed by atoms with E-state index in [0.717, 1.165) is 5.56 Å². The van der Waals surface area contributed by atoms with E-state index in [1.54, 1.807) is 30.5 Å². The Morgan fingerprint density at radius 3 is 2.38 bits per heavy atom. The number of carbonyl (C=O) groups is 2. The molecule has 2 aromatic heterocycles. The molecule has 3 N–H and O–H groups in total. The average molecular weight is 694 g/mol. The summed E-state index contributed by atoms with van der Waals surface area (Å²) in [5.74, 6) is 0.204. The normalized spacial score (nSPS) is 15.8. The molecule has 0 saturated carbocycles. The zero-order valence-electron chi connectivity index (χ0n) is 26.3. The number of benzene rings is 2. The molecule has 0 spiro atoms. The van der Waals surface area contributed by atoms with Crippen molar-refractivity contribution in [1.29, 1.82) is 0 Å². The van der Waals surface area contributed by atoms with Crippen molar-refractivity contribution in [2.45, 2.75) is 31.5 Å². The summed E-state index contributed by atoms with van der Waals surface area (Å²) in [4.78, 5) is 47.4. The highest BCUT2D eigenvalue weighted by molar-refractivity contribution is 6.41. The Bertz CT molecular complexity index is 1900. The van der Waals surface area contributed by atoms with E-state index < -0.39 is 5.56 Å². The highest BCUT2D eigenvalue weighted by atomic mass is 35.5. The maximum Gasteiger partial charge on any atom is 0.260 e. The number of nitrogens with one attached hydrogen (secondary N) is 3. The second-order valence-corrected chi connectivity index (χ2v) is 11.6. The zero-order valence-corrected chi connectivity index (χ0v) is 27.9. The summed E-state index contributed by atoms with van der Waals surface area (Å²) in [6, 6.07) is 9.87. The van der Waals surface area contributed by atoms with Crippen LogP contribution in [-0.4, -0.2) is 65.9 Å². The van der Waals surface area contributed by atoms with Gasteiger partial charge in [-0.15, -0.1) is 0 Å². The Balaban J connectivity index is 1.58. The fraction of sp³-hybridized carbons (Fsp3) is 0.265. The number of anilines is 2. The number of rotatable bonds is 12. The topological polar surface area (TPSA) is 146 Å². The molecule has 4 aromatic rings. The first-order chi connectivity index (χ1) is 23.2. The molecule has 48 heavy (non-hydrogen) atoms. The molecular formula is C34H34Cl2N6O6. The standard InChI is InChI=1S/C34H34Cl2N6O6/c1-5-27(43)38-21-9-7-19(8-10-21)11-13-42-32-20(15-22(33(42)45)29-30(35)25(46-3)16-26(47-4)31(29)36)17-37-34(41-32)40-24-18-48-14-12-23(24)39-28(44)6-2/h5-10,15-17,23-24H,1-2,11-14,18H2,3-4H3,(H,38,43)(H,39,44)(H,37,40,41)/t23-,24+/m0/s1. The molecule has 2 aromatic carbocycles. The second kappa shape index (κ2) is 15.3. The minimum Gasteiger partial charge on any atom is -0.495 e. The number of amides is 2. The molecule has 14 heteroatoms. The van der Waals surface area contributed by atoms with E-state index in [0.29, 0.717) is 42.8 Å². The lowest BCUT2D eigenvalue weighted by Crippen LogP contribution is -2.52. The van der Waals surface area contributed by atoms with E-state index in [1.807, 2.05) is 12.1 Å². The number of aryl methyl sites for hydroxylation is 2. The Hall–Kier alpha value is -4.91. The predicted octanol–water partition coefficient (Wildman–Crippen LogP) is 5.02. The number of halogens is 2. The molecule has 250 valence electrons. The number of nitrogens with zero attached hydrogens (tertiary/aromatic N) is 3. The smallest absolute Gasteiger partial charge is 0.260 e. The number of ether oxygens (including phenoxy) is 3. The minimum atomic E-state index is -0.404. The molecule has 2 amide bonds. The van der Waals surface area contributed by atoms with Gasteiger partial charge in [0.05, 0.1) is 48.5 Å². The fourth-order valence-corrected chi connectivity index (χ4v) is 6.09. The van der Waals surface area contributed by atoms with Crippen LogP contribution in [0.15, 0.2) is 72.7 Å². The molecule has 5 rings (SSSR count). The summed E-state index contributed by atoms with van der Waals surface area (Å²) < 4.78 is 18.1. The second-order valence-electron chi connectivity index (χ2n) is 10.8. The van der Waals surface area contributed by atoms with Crippen molar-refractivity contribution in [3.63, 3.8) is 0 Å². The van der Waals surface area contributed by atoms with Crippen molar-refractivity contribution in [3.8, 4) is 22.6 Å². The average Bonchev–Trinajstić information content (AvgIpc) is 3.09. The molecule has 0 radical (unpaired) electrons. The summed E-state index contributed by atoms with van der Waals surface area (Å²) in [6.07, 6.45) is 5.03. The minimum absolute atomic E-state index is 0.146. The lowest BCUT2D eigenvalue weighted by Gasteiger charge is -2.32. The van der Waals surface area contributed by atoms with Gasteiger partial charge in [0.15, 0.2) is 0 Å². The van der Waals surface area contributed by atoms with Gasteiger partial charge >= 0.3 is 0 Å². The number of carbonyl (C=O) groups excluding carboxylic acids is 2. The van der Waals surface area contributed by atoms with E-state index in [-0.39, 0.29) is 69.1 Å². The van der Waals surface area contributed by atoms with Crippen molar-refractivity contribution in [2.75, 3.05) is 38.1 Å². The molecule has 1 fully saturated rings. The summed E-state index contributed by atoms with van der Waals surface area (Å²) >= 11 is 13.5. The summed E-state index contributed by atoms with van der Waals surface area (Å²) in [5.41, 5.74) is 1.93. The van der Waals surface area contributed by atoms with Gasteiger partial charge in [-0.05, 0) is 48.8 Å². The van der Waals surface area contributed by atoms with Gasteiger partial charge in [0, 0.05) is 42.1 Å².